The van der Waals surface area contributed by atoms with Gasteiger partial charge in [-0.15, -0.1) is 0 Å². The molecule has 0 N–H and O–H groups in total. The third-order valence-corrected chi connectivity index (χ3v) is 26.8. The van der Waals surface area contributed by atoms with Crippen molar-refractivity contribution in [3.8, 4) is 22.3 Å². The second-order valence-corrected chi connectivity index (χ2v) is 42.2. The quantitative estimate of drug-likeness (QED) is 0.164. The van der Waals surface area contributed by atoms with Gasteiger partial charge in [0.1, 0.15) is 0 Å². The SMILES string of the molecule is [CH3][Ti]([CH3])(=[SiH2])([O]C(=O)c1ccc(F)cc1)([O]C(=O)c1ccc(F)cc1)([c]1cccc2c1Cc1ccccc1-2)[c]1cccc2c1Cc1ccccc1-2. The first-order chi connectivity index (χ1) is 23.7. The van der Waals surface area contributed by atoms with Crippen molar-refractivity contribution in [2.75, 3.05) is 0 Å². The molecule has 0 saturated carbocycles. The van der Waals surface area contributed by atoms with Gasteiger partial charge in [0, 0.05) is 0 Å². The van der Waals surface area contributed by atoms with Crippen LogP contribution < -0.4 is 7.74 Å². The predicted molar refractivity (Wildman–Crippen MR) is 193 cm³/mol. The van der Waals surface area contributed by atoms with Crippen molar-refractivity contribution >= 4 is 27.3 Å². The van der Waals surface area contributed by atoms with E-state index in [4.69, 9.17) is 6.64 Å². The molecule has 0 atom stereocenters. The predicted octanol–water partition coefficient (Wildman–Crippen LogP) is 8.01. The molecule has 50 heavy (non-hydrogen) atoms. The number of rotatable bonds is 6. The molecule has 0 amide bonds. The molecule has 8 rings (SSSR count). The van der Waals surface area contributed by atoms with Crippen LogP contribution in [0.15, 0.2) is 133 Å². The van der Waals surface area contributed by atoms with E-state index in [1.165, 1.54) is 56.2 Å². The Morgan fingerprint density at radius 3 is 1.28 bits per heavy atom. The van der Waals surface area contributed by atoms with Gasteiger partial charge in [-0.2, -0.15) is 0 Å². The van der Waals surface area contributed by atoms with E-state index in [-0.39, 0.29) is 11.1 Å². The summed E-state index contributed by atoms with van der Waals surface area (Å²) in [5.41, 5.74) is 8.25. The first-order valence-electron chi connectivity index (χ1n) is 16.7. The minimum absolute atomic E-state index is 0.108. The molecule has 248 valence electrons. The number of benzene rings is 6. The van der Waals surface area contributed by atoms with Gasteiger partial charge in [0.05, 0.1) is 0 Å². The standard InChI is InChI=1S/2C13H9.2C7H5FO2.2CH3.H2Si.Ti/c2*1-3-7-12-10(5-1)9-11-6-2-4-8-13(11)12;2*8-6-3-1-5(2-4-6)7(9)10;;;;/h2*1-5,7-8H,9H2;2*1-4H,(H,9,10);2*1H3;1H2;/q;;;;;;;+2/p-2. The zero-order valence-corrected chi connectivity index (χ0v) is 30.7. The molecule has 8 heteroatoms. The van der Waals surface area contributed by atoms with Crippen molar-refractivity contribution < 1.29 is 37.3 Å². The van der Waals surface area contributed by atoms with Crippen LogP contribution in [0.25, 0.3) is 22.3 Å². The average Bonchev–Trinajstić information content (AvgIpc) is 3.67. The zero-order valence-electron chi connectivity index (χ0n) is 27.7. The maximum atomic E-state index is 14.8. The summed E-state index contributed by atoms with van der Waals surface area (Å²) in [5, 5.41) is 3.72. The normalized spacial score (nSPS) is 14.8. The van der Waals surface area contributed by atoms with Crippen molar-refractivity contribution in [3.05, 3.63) is 178 Å². The molecule has 0 heterocycles. The molecule has 6 aromatic carbocycles. The van der Waals surface area contributed by atoms with Crippen molar-refractivity contribution in [2.45, 2.75) is 23.3 Å². The first-order valence-corrected chi connectivity index (χ1v) is 26.6. The second kappa shape index (κ2) is 10.1. The monoisotopic (exact) mass is 716 g/mol. The molecule has 2 aliphatic carbocycles. The number of carbonyl (C=O) groups is 2. The van der Waals surface area contributed by atoms with Crippen molar-refractivity contribution in [1.82, 2.24) is 0 Å². The molecule has 0 unspecified atom stereocenters. The first kappa shape index (κ1) is 32.3. The van der Waals surface area contributed by atoms with Crippen molar-refractivity contribution in [1.29, 1.82) is 0 Å². The van der Waals surface area contributed by atoms with Crippen LogP contribution in [0.1, 0.15) is 43.0 Å². The summed E-state index contributed by atoms with van der Waals surface area (Å²) in [6, 6.07) is 38.4. The second-order valence-electron chi connectivity index (χ2n) is 15.4. The Kier molecular flexibility index (Phi) is 6.50. The van der Waals surface area contributed by atoms with E-state index in [2.05, 4.69) is 24.3 Å². The number of carbonyl (C=O) groups excluding carboxylic acids is 2. The number of fused-ring (bicyclic) bond motifs is 6. The van der Waals surface area contributed by atoms with Crippen molar-refractivity contribution in [2.24, 2.45) is 0 Å². The summed E-state index contributed by atoms with van der Waals surface area (Å²) in [5.74, 6) is -2.51. The Morgan fingerprint density at radius 1 is 0.520 bits per heavy atom. The Hall–Kier alpha value is -4.95. The van der Waals surface area contributed by atoms with E-state index < -0.39 is 35.8 Å². The van der Waals surface area contributed by atoms with Gasteiger partial charge in [-0.25, -0.2) is 0 Å². The summed E-state index contributed by atoms with van der Waals surface area (Å²) in [6.45, 7) is 0. The average molecular weight is 717 g/mol. The minimum atomic E-state index is -7.27. The molecule has 0 fully saturated rings. The van der Waals surface area contributed by atoms with Crippen LogP contribution in [0.2, 0.25) is 10.5 Å². The zero-order chi connectivity index (χ0) is 35.0. The summed E-state index contributed by atoms with van der Waals surface area (Å²) in [7, 11) is 1.48. The fourth-order valence-electron chi connectivity index (χ4n) is 8.64. The molecule has 0 saturated heterocycles. The molecule has 2 aliphatic rings. The van der Waals surface area contributed by atoms with Crippen LogP contribution >= 0.6 is 0 Å². The van der Waals surface area contributed by atoms with Gasteiger partial charge < -0.3 is 0 Å². The molecule has 0 spiro atoms. The van der Waals surface area contributed by atoms with Crippen molar-refractivity contribution in [3.63, 3.8) is 0 Å². The van der Waals surface area contributed by atoms with Crippen LogP contribution in [0.3, 0.4) is 0 Å². The Labute approximate surface area is 287 Å². The topological polar surface area (TPSA) is 52.6 Å². The summed E-state index contributed by atoms with van der Waals surface area (Å²) < 4.78 is 44.1. The number of hydrogen-bond acceptors (Lipinski definition) is 4. The molecule has 0 aliphatic heterocycles. The maximum absolute atomic E-state index is 14.8. The molecule has 0 radical (unpaired) electrons. The van der Waals surface area contributed by atoms with E-state index in [0.29, 0.717) is 20.6 Å². The van der Waals surface area contributed by atoms with Gasteiger partial charge in [-0.3, -0.25) is 0 Å². The third-order valence-electron chi connectivity index (χ3n) is 11.1. The number of hydrogen-bond donors (Lipinski definition) is 0. The molecule has 0 aromatic heterocycles. The third kappa shape index (κ3) is 4.57. The van der Waals surface area contributed by atoms with Crippen LogP contribution in [0.4, 0.5) is 8.78 Å². The molecular weight excluding hydrogens is 682 g/mol. The fraction of sp³-hybridized carbons (Fsp3) is 0.0952. The van der Waals surface area contributed by atoms with Crippen LogP contribution in [-0.4, -0.2) is 19.6 Å². The Morgan fingerprint density at radius 2 is 0.880 bits per heavy atom. The van der Waals surface area contributed by atoms with E-state index in [1.54, 1.807) is 0 Å². The molecule has 6 aromatic rings. The van der Waals surface area contributed by atoms with E-state index >= 15 is 0 Å². The van der Waals surface area contributed by atoms with Crippen LogP contribution in [0, 0.1) is 11.6 Å². The van der Waals surface area contributed by atoms with E-state index in [1.807, 2.05) is 71.1 Å². The van der Waals surface area contributed by atoms with Gasteiger partial charge in [0.25, 0.3) is 0 Å². The van der Waals surface area contributed by atoms with Gasteiger partial charge in [0.2, 0.25) is 0 Å². The van der Waals surface area contributed by atoms with Gasteiger partial charge in [0.15, 0.2) is 0 Å². The molecule has 0 bridgehead atoms. The van der Waals surface area contributed by atoms with Crippen LogP contribution in [0.5, 0.6) is 0 Å². The fourth-order valence-corrected chi connectivity index (χ4v) is 23.3. The Bertz CT molecular complexity index is 2410. The molecular formula is C42H34F2O4SiTi. The Balaban J connectivity index is 1.52. The summed E-state index contributed by atoms with van der Waals surface area (Å²) >= 11 is -7.27. The summed E-state index contributed by atoms with van der Waals surface area (Å²) in [4.78, 5) is 29.6. The summed E-state index contributed by atoms with van der Waals surface area (Å²) in [6.07, 6.45) is 1.04. The number of halogens is 2. The van der Waals surface area contributed by atoms with Crippen LogP contribution in [-0.2, 0) is 31.7 Å². The molecule has 4 nitrogen and oxygen atoms in total. The van der Waals surface area contributed by atoms with Gasteiger partial charge in [-0.1, -0.05) is 0 Å². The van der Waals surface area contributed by atoms with Gasteiger partial charge >= 0.3 is 289 Å². The van der Waals surface area contributed by atoms with E-state index in [9.17, 15) is 18.4 Å². The van der Waals surface area contributed by atoms with Gasteiger partial charge in [-0.05, 0) is 0 Å². The van der Waals surface area contributed by atoms with E-state index in [0.717, 1.165) is 44.5 Å².